The van der Waals surface area contributed by atoms with Crippen molar-refractivity contribution in [1.29, 1.82) is 0 Å². The second-order valence-electron chi connectivity index (χ2n) is 4.20. The Morgan fingerprint density at radius 1 is 1.24 bits per heavy atom. The van der Waals surface area contributed by atoms with Crippen molar-refractivity contribution >= 4 is 27.3 Å². The minimum atomic E-state index is -0.178. The monoisotopic (exact) mass is 312 g/mol. The molecule has 0 nitrogen and oxygen atoms in total. The fourth-order valence-electron chi connectivity index (χ4n) is 1.89. The van der Waals surface area contributed by atoms with E-state index >= 15 is 0 Å². The third-order valence-electron chi connectivity index (χ3n) is 2.69. The van der Waals surface area contributed by atoms with E-state index < -0.39 is 0 Å². The Kier molecular flexibility index (Phi) is 4.00. The van der Waals surface area contributed by atoms with Gasteiger partial charge in [-0.25, -0.2) is 4.39 Å². The van der Waals surface area contributed by atoms with Gasteiger partial charge in [0.25, 0.3) is 0 Å². The lowest BCUT2D eigenvalue weighted by molar-refractivity contribution is 0.627. The predicted octanol–water partition coefficient (Wildman–Crippen LogP) is 5.18. The van der Waals surface area contributed by atoms with Gasteiger partial charge >= 0.3 is 0 Å². The highest BCUT2D eigenvalue weighted by Gasteiger charge is 2.13. The fourth-order valence-corrected chi connectivity index (χ4v) is 3.92. The molecule has 0 N–H and O–H groups in total. The van der Waals surface area contributed by atoms with Crippen LogP contribution < -0.4 is 0 Å². The van der Waals surface area contributed by atoms with Crippen molar-refractivity contribution in [2.24, 2.45) is 0 Å². The average Bonchev–Trinajstić information content (AvgIpc) is 2.61. The molecular weight excluding hydrogens is 299 g/mol. The van der Waals surface area contributed by atoms with Gasteiger partial charge in [0.1, 0.15) is 5.82 Å². The van der Waals surface area contributed by atoms with Crippen LogP contribution in [-0.4, -0.2) is 0 Å². The summed E-state index contributed by atoms with van der Waals surface area (Å²) in [6.07, 6.45) is 0.890. The molecule has 17 heavy (non-hydrogen) atoms. The second-order valence-corrected chi connectivity index (χ2v) is 6.60. The van der Waals surface area contributed by atoms with Crippen LogP contribution in [0.5, 0.6) is 0 Å². The molecular formula is C14H14BrFS. The van der Waals surface area contributed by atoms with Crippen molar-refractivity contribution in [2.45, 2.75) is 25.1 Å². The topological polar surface area (TPSA) is 0 Å². The van der Waals surface area contributed by atoms with Crippen LogP contribution in [0.4, 0.5) is 4.39 Å². The first kappa shape index (κ1) is 12.8. The highest BCUT2D eigenvalue weighted by atomic mass is 79.9. The van der Waals surface area contributed by atoms with E-state index in [1.807, 2.05) is 23.5 Å². The molecule has 0 spiro atoms. The fraction of sp³-hybridized carbons (Fsp3) is 0.286. The molecule has 0 aliphatic carbocycles. The Bertz CT molecular complexity index is 501. The van der Waals surface area contributed by atoms with Crippen molar-refractivity contribution in [3.8, 4) is 0 Å². The highest BCUT2D eigenvalue weighted by molar-refractivity contribution is 9.09. The molecule has 1 heterocycles. The molecule has 2 rings (SSSR count). The number of rotatable bonds is 3. The van der Waals surface area contributed by atoms with Crippen molar-refractivity contribution in [3.63, 3.8) is 0 Å². The van der Waals surface area contributed by atoms with Crippen LogP contribution in [0.1, 0.15) is 25.7 Å². The molecule has 90 valence electrons. The second kappa shape index (κ2) is 5.32. The van der Waals surface area contributed by atoms with Crippen molar-refractivity contribution < 1.29 is 4.39 Å². The zero-order chi connectivity index (χ0) is 12.4. The molecule has 0 saturated carbocycles. The molecule has 0 saturated heterocycles. The number of thiophene rings is 1. The predicted molar refractivity (Wildman–Crippen MR) is 75.6 cm³/mol. The van der Waals surface area contributed by atoms with Crippen LogP contribution in [0.3, 0.4) is 0 Å². The first-order valence-electron chi connectivity index (χ1n) is 5.51. The van der Waals surface area contributed by atoms with Crippen LogP contribution in [0.2, 0.25) is 0 Å². The number of hydrogen-bond donors (Lipinski definition) is 0. The number of halogens is 2. The summed E-state index contributed by atoms with van der Waals surface area (Å²) in [6.45, 7) is 4.26. The smallest absolute Gasteiger partial charge is 0.123 e. The Hall–Kier alpha value is -0.670. The van der Waals surface area contributed by atoms with Gasteiger partial charge in [-0.05, 0) is 49.6 Å². The Morgan fingerprint density at radius 2 is 1.88 bits per heavy atom. The van der Waals surface area contributed by atoms with Crippen LogP contribution in [0, 0.1) is 19.7 Å². The summed E-state index contributed by atoms with van der Waals surface area (Å²) in [6, 6.07) is 8.93. The largest absolute Gasteiger partial charge is 0.207 e. The van der Waals surface area contributed by atoms with Crippen molar-refractivity contribution in [1.82, 2.24) is 0 Å². The average molecular weight is 313 g/mol. The lowest BCUT2D eigenvalue weighted by Crippen LogP contribution is -1.94. The molecule has 2 aromatic rings. The van der Waals surface area contributed by atoms with Crippen molar-refractivity contribution in [3.05, 3.63) is 57.0 Å². The van der Waals surface area contributed by atoms with E-state index in [0.717, 1.165) is 12.0 Å². The van der Waals surface area contributed by atoms with Gasteiger partial charge in [-0.1, -0.05) is 28.1 Å². The summed E-state index contributed by atoms with van der Waals surface area (Å²) in [7, 11) is 0. The Labute approximate surface area is 114 Å². The first-order valence-corrected chi connectivity index (χ1v) is 7.25. The molecule has 1 aromatic heterocycles. The lowest BCUT2D eigenvalue weighted by Gasteiger charge is -2.09. The van der Waals surface area contributed by atoms with E-state index in [1.54, 1.807) is 0 Å². The Morgan fingerprint density at radius 3 is 2.41 bits per heavy atom. The maximum atomic E-state index is 12.8. The van der Waals surface area contributed by atoms with E-state index in [1.165, 1.54) is 27.5 Å². The van der Waals surface area contributed by atoms with E-state index in [9.17, 15) is 4.39 Å². The Balaban J connectivity index is 2.14. The summed E-state index contributed by atoms with van der Waals surface area (Å²) in [5.41, 5.74) is 2.48. The summed E-state index contributed by atoms with van der Waals surface area (Å²) < 4.78 is 12.8. The van der Waals surface area contributed by atoms with Gasteiger partial charge < -0.3 is 0 Å². The van der Waals surface area contributed by atoms with Gasteiger partial charge in [0, 0.05) is 9.75 Å². The van der Waals surface area contributed by atoms with Gasteiger partial charge in [-0.15, -0.1) is 11.3 Å². The standard InChI is InChI=1S/C14H14BrFS/c1-9-7-10(2)17-14(9)13(15)8-11-3-5-12(16)6-4-11/h3-7,13H,8H2,1-2H3. The summed E-state index contributed by atoms with van der Waals surface area (Å²) >= 11 is 5.55. The number of benzene rings is 1. The third kappa shape index (κ3) is 3.17. The lowest BCUT2D eigenvalue weighted by atomic mass is 10.1. The van der Waals surface area contributed by atoms with Gasteiger partial charge in [0.15, 0.2) is 0 Å². The highest BCUT2D eigenvalue weighted by Crippen LogP contribution is 2.35. The van der Waals surface area contributed by atoms with Gasteiger partial charge in [0.05, 0.1) is 4.83 Å². The van der Waals surface area contributed by atoms with E-state index in [-0.39, 0.29) is 5.82 Å². The maximum Gasteiger partial charge on any atom is 0.123 e. The zero-order valence-electron chi connectivity index (χ0n) is 9.84. The molecule has 1 aromatic carbocycles. The van der Waals surface area contributed by atoms with Crippen LogP contribution in [0.15, 0.2) is 30.3 Å². The molecule has 0 aliphatic rings. The number of hydrogen-bond acceptors (Lipinski definition) is 1. The third-order valence-corrected chi connectivity index (χ3v) is 5.04. The molecule has 0 fully saturated rings. The summed E-state index contributed by atoms with van der Waals surface area (Å²) in [5.74, 6) is -0.178. The SMILES string of the molecule is Cc1cc(C)c(C(Br)Cc2ccc(F)cc2)s1. The van der Waals surface area contributed by atoms with Crippen LogP contribution in [0.25, 0.3) is 0 Å². The first-order chi connectivity index (χ1) is 8.06. The van der Waals surface area contributed by atoms with E-state index in [4.69, 9.17) is 0 Å². The molecule has 1 atom stereocenters. The quantitative estimate of drug-likeness (QED) is 0.685. The summed E-state index contributed by atoms with van der Waals surface area (Å²) in [5, 5.41) is 0. The molecule has 0 aliphatic heterocycles. The number of alkyl halides is 1. The normalized spacial score (nSPS) is 12.7. The van der Waals surface area contributed by atoms with Crippen LogP contribution >= 0.6 is 27.3 Å². The van der Waals surface area contributed by atoms with Crippen LogP contribution in [-0.2, 0) is 6.42 Å². The molecule has 0 amide bonds. The number of aryl methyl sites for hydroxylation is 2. The minimum absolute atomic E-state index is 0.178. The van der Waals surface area contributed by atoms with Gasteiger partial charge in [-0.3, -0.25) is 0 Å². The van der Waals surface area contributed by atoms with Gasteiger partial charge in [-0.2, -0.15) is 0 Å². The molecule has 0 radical (unpaired) electrons. The van der Waals surface area contributed by atoms with E-state index in [0.29, 0.717) is 4.83 Å². The zero-order valence-corrected chi connectivity index (χ0v) is 12.2. The maximum absolute atomic E-state index is 12.8. The molecule has 0 bridgehead atoms. The van der Waals surface area contributed by atoms with Crippen molar-refractivity contribution in [2.75, 3.05) is 0 Å². The van der Waals surface area contributed by atoms with E-state index in [2.05, 4.69) is 35.8 Å². The summed E-state index contributed by atoms with van der Waals surface area (Å²) in [4.78, 5) is 3.01. The van der Waals surface area contributed by atoms with Gasteiger partial charge in [0.2, 0.25) is 0 Å². The minimum Gasteiger partial charge on any atom is -0.207 e. The molecule has 1 unspecified atom stereocenters. The molecule has 3 heteroatoms.